The Kier molecular flexibility index (Phi) is 7.69. The Balaban J connectivity index is 1.32. The molecule has 212 valence electrons. The number of nitrogens with zero attached hydrogens (tertiary/aromatic N) is 6. The summed E-state index contributed by atoms with van der Waals surface area (Å²) in [5.41, 5.74) is 2.03. The van der Waals surface area contributed by atoms with Crippen LogP contribution in [0.1, 0.15) is 35.3 Å². The maximum absolute atomic E-state index is 13.9. The van der Waals surface area contributed by atoms with Crippen molar-refractivity contribution in [2.24, 2.45) is 0 Å². The summed E-state index contributed by atoms with van der Waals surface area (Å²) in [6.45, 7) is 8.17. The predicted octanol–water partition coefficient (Wildman–Crippen LogP) is 3.30. The normalized spacial score (nSPS) is 16.0. The van der Waals surface area contributed by atoms with Crippen molar-refractivity contribution in [3.63, 3.8) is 0 Å². The quantitative estimate of drug-likeness (QED) is 0.350. The van der Waals surface area contributed by atoms with Gasteiger partial charge in [0.15, 0.2) is 5.65 Å². The number of hydrogen-bond acceptors (Lipinski definition) is 6. The van der Waals surface area contributed by atoms with Gasteiger partial charge in [-0.1, -0.05) is 36.4 Å². The Morgan fingerprint density at radius 2 is 1.44 bits per heavy atom. The summed E-state index contributed by atoms with van der Waals surface area (Å²) in [7, 11) is 0. The lowest BCUT2D eigenvalue weighted by Crippen LogP contribution is -2.47. The molecule has 2 aromatic heterocycles. The SMILES string of the molecule is Cc1cc(C(=O)N2CCCC2)c2c(=O)n(-c3ccccc3)c(=O)n(CCCN3CCN(c4ccccc4)CC3)c2n1. The van der Waals surface area contributed by atoms with Gasteiger partial charge >= 0.3 is 5.69 Å². The van der Waals surface area contributed by atoms with Gasteiger partial charge in [0.2, 0.25) is 0 Å². The minimum Gasteiger partial charge on any atom is -0.369 e. The summed E-state index contributed by atoms with van der Waals surface area (Å²) in [4.78, 5) is 52.7. The van der Waals surface area contributed by atoms with Crippen molar-refractivity contribution in [3.05, 3.63) is 98.8 Å². The van der Waals surface area contributed by atoms with Gasteiger partial charge in [-0.3, -0.25) is 19.1 Å². The molecule has 0 atom stereocenters. The van der Waals surface area contributed by atoms with Crippen LogP contribution in [0.15, 0.2) is 76.3 Å². The zero-order chi connectivity index (χ0) is 28.3. The molecule has 4 aromatic rings. The average Bonchev–Trinajstić information content (AvgIpc) is 3.55. The van der Waals surface area contributed by atoms with E-state index in [2.05, 4.69) is 39.0 Å². The van der Waals surface area contributed by atoms with E-state index in [9.17, 15) is 14.4 Å². The highest BCUT2D eigenvalue weighted by Gasteiger charge is 2.26. The molecule has 0 aliphatic carbocycles. The first-order valence-corrected chi connectivity index (χ1v) is 14.6. The molecule has 4 heterocycles. The molecule has 9 heteroatoms. The van der Waals surface area contributed by atoms with Gasteiger partial charge in [-0.25, -0.2) is 14.3 Å². The lowest BCUT2D eigenvalue weighted by Gasteiger charge is -2.36. The summed E-state index contributed by atoms with van der Waals surface area (Å²) in [5, 5.41) is 0.215. The van der Waals surface area contributed by atoms with Crippen molar-refractivity contribution in [3.8, 4) is 5.69 Å². The van der Waals surface area contributed by atoms with Crippen molar-refractivity contribution < 1.29 is 4.79 Å². The van der Waals surface area contributed by atoms with Gasteiger partial charge in [0.25, 0.3) is 11.5 Å². The van der Waals surface area contributed by atoms with Gasteiger partial charge in [-0.15, -0.1) is 0 Å². The number of aromatic nitrogens is 3. The van der Waals surface area contributed by atoms with Crippen LogP contribution in [0.25, 0.3) is 16.7 Å². The Labute approximate surface area is 239 Å². The number of para-hydroxylation sites is 2. The molecule has 0 bridgehead atoms. The lowest BCUT2D eigenvalue weighted by molar-refractivity contribution is 0.0794. The summed E-state index contributed by atoms with van der Waals surface area (Å²) < 4.78 is 2.79. The number of amides is 1. The van der Waals surface area contributed by atoms with E-state index in [1.165, 1.54) is 10.3 Å². The Morgan fingerprint density at radius 3 is 2.10 bits per heavy atom. The predicted molar refractivity (Wildman–Crippen MR) is 161 cm³/mol. The second-order valence-electron chi connectivity index (χ2n) is 10.9. The van der Waals surface area contributed by atoms with Crippen molar-refractivity contribution in [2.45, 2.75) is 32.7 Å². The van der Waals surface area contributed by atoms with E-state index in [0.717, 1.165) is 52.0 Å². The number of carbonyl (C=O) groups excluding carboxylic acids is 1. The van der Waals surface area contributed by atoms with Crippen LogP contribution in [0, 0.1) is 6.92 Å². The number of hydrogen-bond donors (Lipinski definition) is 0. The second kappa shape index (κ2) is 11.7. The molecular formula is C32H36N6O3. The van der Waals surface area contributed by atoms with Crippen LogP contribution in [-0.4, -0.2) is 75.6 Å². The highest BCUT2D eigenvalue weighted by Crippen LogP contribution is 2.21. The van der Waals surface area contributed by atoms with E-state index in [0.29, 0.717) is 42.2 Å². The molecule has 6 rings (SSSR count). The molecule has 2 fully saturated rings. The average molecular weight is 553 g/mol. The lowest BCUT2D eigenvalue weighted by atomic mass is 10.1. The first-order chi connectivity index (χ1) is 20.0. The largest absolute Gasteiger partial charge is 0.369 e. The number of pyridine rings is 1. The van der Waals surface area contributed by atoms with E-state index in [4.69, 9.17) is 0 Å². The molecule has 0 saturated carbocycles. The van der Waals surface area contributed by atoms with E-state index < -0.39 is 11.2 Å². The van der Waals surface area contributed by atoms with Gasteiger partial charge in [-0.05, 0) is 63.1 Å². The van der Waals surface area contributed by atoms with Gasteiger partial charge in [-0.2, -0.15) is 0 Å². The van der Waals surface area contributed by atoms with Gasteiger partial charge in [0.05, 0.1) is 16.6 Å². The molecule has 0 spiro atoms. The summed E-state index contributed by atoms with van der Waals surface area (Å²) in [6, 6.07) is 21.1. The number of anilines is 1. The molecule has 0 unspecified atom stereocenters. The number of rotatable bonds is 7. The first kappa shape index (κ1) is 27.0. The summed E-state index contributed by atoms with van der Waals surface area (Å²) in [6.07, 6.45) is 2.62. The third kappa shape index (κ3) is 5.41. The fourth-order valence-corrected chi connectivity index (χ4v) is 6.06. The van der Waals surface area contributed by atoms with Crippen LogP contribution in [0.2, 0.25) is 0 Å². The molecule has 2 aliphatic heterocycles. The van der Waals surface area contributed by atoms with Gasteiger partial charge in [0, 0.05) is 57.2 Å². The van der Waals surface area contributed by atoms with E-state index in [1.807, 2.05) is 19.1 Å². The van der Waals surface area contributed by atoms with Crippen LogP contribution < -0.4 is 16.1 Å². The molecule has 0 radical (unpaired) electrons. The highest BCUT2D eigenvalue weighted by atomic mass is 16.2. The van der Waals surface area contributed by atoms with Crippen molar-refractivity contribution in [1.82, 2.24) is 23.9 Å². The zero-order valence-corrected chi connectivity index (χ0v) is 23.5. The highest BCUT2D eigenvalue weighted by molar-refractivity contribution is 6.05. The monoisotopic (exact) mass is 552 g/mol. The fourth-order valence-electron chi connectivity index (χ4n) is 6.06. The number of carbonyl (C=O) groups is 1. The third-order valence-corrected chi connectivity index (χ3v) is 8.21. The maximum atomic E-state index is 13.9. The number of piperazine rings is 1. The van der Waals surface area contributed by atoms with Crippen molar-refractivity contribution >= 4 is 22.6 Å². The van der Waals surface area contributed by atoms with Crippen LogP contribution in [0.4, 0.5) is 5.69 Å². The minimum absolute atomic E-state index is 0.170. The molecule has 2 saturated heterocycles. The molecule has 0 N–H and O–H groups in total. The second-order valence-corrected chi connectivity index (χ2v) is 10.9. The number of fused-ring (bicyclic) bond motifs is 1. The number of likely N-dealkylation sites (tertiary alicyclic amines) is 1. The van der Waals surface area contributed by atoms with Crippen molar-refractivity contribution in [1.29, 1.82) is 0 Å². The van der Waals surface area contributed by atoms with E-state index >= 15 is 0 Å². The van der Waals surface area contributed by atoms with E-state index in [1.54, 1.807) is 39.8 Å². The van der Waals surface area contributed by atoms with Crippen LogP contribution in [-0.2, 0) is 6.54 Å². The fraction of sp³-hybridized carbons (Fsp3) is 0.375. The Hall–Kier alpha value is -4.24. The maximum Gasteiger partial charge on any atom is 0.337 e. The minimum atomic E-state index is -0.500. The third-order valence-electron chi connectivity index (χ3n) is 8.21. The molecular weight excluding hydrogens is 516 g/mol. The van der Waals surface area contributed by atoms with E-state index in [-0.39, 0.29) is 11.3 Å². The first-order valence-electron chi connectivity index (χ1n) is 14.6. The van der Waals surface area contributed by atoms with Crippen molar-refractivity contribution in [2.75, 3.05) is 50.7 Å². The standard InChI is InChI=1S/C32H36N6O3/c1-24-23-27(30(39)36-16-8-9-17-36)28-29(33-24)37(32(41)38(31(28)40)26-13-6-3-7-14-26)18-10-15-34-19-21-35(22-20-34)25-11-4-2-5-12-25/h2-7,11-14,23H,8-10,15-22H2,1H3. The van der Waals surface area contributed by atoms with Gasteiger partial charge in [0.1, 0.15) is 0 Å². The van der Waals surface area contributed by atoms with Crippen LogP contribution >= 0.6 is 0 Å². The van der Waals surface area contributed by atoms with Crippen LogP contribution in [0.5, 0.6) is 0 Å². The number of benzene rings is 2. The van der Waals surface area contributed by atoms with Gasteiger partial charge < -0.3 is 9.80 Å². The Bertz CT molecular complexity index is 1650. The molecule has 41 heavy (non-hydrogen) atoms. The molecule has 9 nitrogen and oxygen atoms in total. The van der Waals surface area contributed by atoms with Crippen LogP contribution in [0.3, 0.4) is 0 Å². The topological polar surface area (TPSA) is 83.7 Å². The molecule has 1 amide bonds. The smallest absolute Gasteiger partial charge is 0.337 e. The molecule has 2 aliphatic rings. The zero-order valence-electron chi connectivity index (χ0n) is 23.5. The Morgan fingerprint density at radius 1 is 0.805 bits per heavy atom. The summed E-state index contributed by atoms with van der Waals surface area (Å²) in [5.74, 6) is -0.170. The number of aryl methyl sites for hydroxylation is 2. The molecule has 2 aromatic carbocycles. The summed E-state index contributed by atoms with van der Waals surface area (Å²) >= 11 is 0.